The molecule has 4 nitrogen and oxygen atoms in total. The van der Waals surface area contributed by atoms with Crippen LogP contribution in [0.1, 0.15) is 5.56 Å². The fourth-order valence-electron chi connectivity index (χ4n) is 1.49. The molecular weight excluding hydrogens is 204 g/mol. The molecule has 3 N–H and O–H groups in total. The van der Waals surface area contributed by atoms with Crippen LogP contribution in [0.3, 0.4) is 0 Å². The van der Waals surface area contributed by atoms with Crippen molar-refractivity contribution in [2.24, 2.45) is 0 Å². The summed E-state index contributed by atoms with van der Waals surface area (Å²) in [6, 6.07) is 7.34. The number of aromatic nitrogens is 1. The summed E-state index contributed by atoms with van der Waals surface area (Å²) >= 11 is 0. The van der Waals surface area contributed by atoms with E-state index >= 15 is 0 Å². The van der Waals surface area contributed by atoms with Crippen LogP contribution >= 0.6 is 0 Å². The largest absolute Gasteiger partial charge is 0.478 e. The van der Waals surface area contributed by atoms with Crippen molar-refractivity contribution in [2.45, 2.75) is 0 Å². The quantitative estimate of drug-likeness (QED) is 0.749. The number of benzene rings is 1. The number of fused-ring (bicyclic) bond motifs is 1. The first kappa shape index (κ1) is 10.2. The van der Waals surface area contributed by atoms with E-state index in [1.165, 1.54) is 0 Å². The summed E-state index contributed by atoms with van der Waals surface area (Å²) in [5, 5.41) is 10.3. The van der Waals surface area contributed by atoms with Crippen molar-refractivity contribution in [2.75, 3.05) is 5.73 Å². The third-order valence-electron chi connectivity index (χ3n) is 2.24. The van der Waals surface area contributed by atoms with E-state index in [0.717, 1.165) is 22.4 Å². The van der Waals surface area contributed by atoms with Crippen LogP contribution in [-0.4, -0.2) is 16.1 Å². The second kappa shape index (κ2) is 4.02. The summed E-state index contributed by atoms with van der Waals surface area (Å²) in [6.45, 7) is 0. The minimum absolute atomic E-state index is 0.478. The Morgan fingerprint density at radius 3 is 2.94 bits per heavy atom. The highest BCUT2D eigenvalue weighted by atomic mass is 16.4. The van der Waals surface area contributed by atoms with Gasteiger partial charge < -0.3 is 10.8 Å². The second-order valence-electron chi connectivity index (χ2n) is 3.35. The molecule has 1 aromatic carbocycles. The molecule has 0 radical (unpaired) electrons. The Labute approximate surface area is 92.0 Å². The predicted molar refractivity (Wildman–Crippen MR) is 62.8 cm³/mol. The zero-order valence-corrected chi connectivity index (χ0v) is 8.42. The molecule has 2 aromatic rings. The van der Waals surface area contributed by atoms with Gasteiger partial charge in [-0.25, -0.2) is 9.78 Å². The van der Waals surface area contributed by atoms with E-state index in [9.17, 15) is 4.79 Å². The van der Waals surface area contributed by atoms with Crippen LogP contribution in [0.2, 0.25) is 0 Å². The minimum Gasteiger partial charge on any atom is -0.478 e. The van der Waals surface area contributed by atoms with E-state index < -0.39 is 5.97 Å². The van der Waals surface area contributed by atoms with E-state index in [2.05, 4.69) is 4.98 Å². The van der Waals surface area contributed by atoms with Crippen molar-refractivity contribution in [1.29, 1.82) is 0 Å². The first-order chi connectivity index (χ1) is 7.66. The standard InChI is InChI=1S/C12H10N2O2/c13-12-10-3-1-8(2-4-11(15)16)7-9(10)5-6-14-12/h1-7H,(H2,13,14)(H,15,16)/b4-2+. The Hall–Kier alpha value is -2.36. The molecule has 0 bridgehead atoms. The first-order valence-electron chi connectivity index (χ1n) is 4.72. The van der Waals surface area contributed by atoms with Gasteiger partial charge in [0.25, 0.3) is 0 Å². The van der Waals surface area contributed by atoms with Crippen molar-refractivity contribution in [3.8, 4) is 0 Å². The molecule has 0 spiro atoms. The number of hydrogen-bond acceptors (Lipinski definition) is 3. The van der Waals surface area contributed by atoms with Gasteiger partial charge in [-0.3, -0.25) is 0 Å². The Morgan fingerprint density at radius 2 is 2.19 bits per heavy atom. The molecule has 0 amide bonds. The molecule has 0 saturated heterocycles. The number of pyridine rings is 1. The summed E-state index contributed by atoms with van der Waals surface area (Å²) in [5.41, 5.74) is 6.53. The van der Waals surface area contributed by atoms with Gasteiger partial charge in [-0.1, -0.05) is 12.1 Å². The zero-order valence-electron chi connectivity index (χ0n) is 8.42. The molecule has 0 atom stereocenters. The SMILES string of the molecule is Nc1nccc2cc(/C=C/C(=O)O)ccc12. The maximum absolute atomic E-state index is 10.4. The number of rotatable bonds is 2. The van der Waals surface area contributed by atoms with Crippen molar-refractivity contribution in [3.63, 3.8) is 0 Å². The molecule has 1 aromatic heterocycles. The lowest BCUT2D eigenvalue weighted by atomic mass is 10.1. The van der Waals surface area contributed by atoms with Crippen molar-refractivity contribution in [1.82, 2.24) is 4.98 Å². The number of nitrogen functional groups attached to an aromatic ring is 1. The topological polar surface area (TPSA) is 76.2 Å². The molecule has 0 saturated carbocycles. The number of nitrogens with two attached hydrogens (primary N) is 1. The van der Waals surface area contributed by atoms with Gasteiger partial charge in [-0.15, -0.1) is 0 Å². The van der Waals surface area contributed by atoms with E-state index in [1.54, 1.807) is 18.3 Å². The van der Waals surface area contributed by atoms with Gasteiger partial charge in [0, 0.05) is 17.7 Å². The molecule has 0 unspecified atom stereocenters. The number of nitrogens with zero attached hydrogens (tertiary/aromatic N) is 1. The summed E-state index contributed by atoms with van der Waals surface area (Å²) in [7, 11) is 0. The van der Waals surface area contributed by atoms with Crippen LogP contribution in [0.4, 0.5) is 5.82 Å². The first-order valence-corrected chi connectivity index (χ1v) is 4.72. The van der Waals surface area contributed by atoms with Gasteiger partial charge in [-0.05, 0) is 29.2 Å². The zero-order chi connectivity index (χ0) is 11.5. The van der Waals surface area contributed by atoms with Crippen molar-refractivity contribution >= 4 is 28.6 Å². The highest BCUT2D eigenvalue weighted by Gasteiger charge is 1.98. The summed E-state index contributed by atoms with van der Waals surface area (Å²) in [6.07, 6.45) is 4.27. The maximum Gasteiger partial charge on any atom is 0.328 e. The van der Waals surface area contributed by atoms with Gasteiger partial charge in [0.1, 0.15) is 5.82 Å². The number of carboxylic acids is 1. The third kappa shape index (κ3) is 2.00. The minimum atomic E-state index is -0.964. The Balaban J connectivity index is 2.49. The van der Waals surface area contributed by atoms with Crippen LogP contribution in [0.25, 0.3) is 16.8 Å². The van der Waals surface area contributed by atoms with Crippen molar-refractivity contribution < 1.29 is 9.90 Å². The molecule has 4 heteroatoms. The average molecular weight is 214 g/mol. The highest BCUT2D eigenvalue weighted by molar-refractivity contribution is 5.93. The lowest BCUT2D eigenvalue weighted by molar-refractivity contribution is -0.131. The molecular formula is C12H10N2O2. The van der Waals surface area contributed by atoms with Gasteiger partial charge in [0.05, 0.1) is 0 Å². The lowest BCUT2D eigenvalue weighted by Gasteiger charge is -2.01. The fourth-order valence-corrected chi connectivity index (χ4v) is 1.49. The Kier molecular flexibility index (Phi) is 2.55. The maximum atomic E-state index is 10.4. The van der Waals surface area contributed by atoms with Crippen LogP contribution in [-0.2, 0) is 4.79 Å². The van der Waals surface area contributed by atoms with E-state index in [0.29, 0.717) is 5.82 Å². The lowest BCUT2D eigenvalue weighted by Crippen LogP contribution is -1.91. The smallest absolute Gasteiger partial charge is 0.328 e. The van der Waals surface area contributed by atoms with E-state index in [4.69, 9.17) is 10.8 Å². The van der Waals surface area contributed by atoms with Crippen LogP contribution in [0, 0.1) is 0 Å². The molecule has 80 valence electrons. The molecule has 2 rings (SSSR count). The number of anilines is 1. The summed E-state index contributed by atoms with van der Waals surface area (Å²) in [5.74, 6) is -0.486. The van der Waals surface area contributed by atoms with Gasteiger partial charge in [-0.2, -0.15) is 0 Å². The predicted octanol–water partition coefficient (Wildman–Crippen LogP) is 1.91. The molecule has 0 aliphatic heterocycles. The van der Waals surface area contributed by atoms with Gasteiger partial charge >= 0.3 is 5.97 Å². The Bertz CT molecular complexity index is 576. The Morgan fingerprint density at radius 1 is 1.38 bits per heavy atom. The van der Waals surface area contributed by atoms with Gasteiger partial charge in [0.2, 0.25) is 0 Å². The van der Waals surface area contributed by atoms with Gasteiger partial charge in [0.15, 0.2) is 0 Å². The number of carboxylic acid groups (broad SMARTS) is 1. The number of hydrogen-bond donors (Lipinski definition) is 2. The molecule has 16 heavy (non-hydrogen) atoms. The molecule has 0 fully saturated rings. The van der Waals surface area contributed by atoms with Crippen molar-refractivity contribution in [3.05, 3.63) is 42.1 Å². The van der Waals surface area contributed by atoms with Crippen LogP contribution in [0.15, 0.2) is 36.5 Å². The molecule has 0 aliphatic rings. The number of aliphatic carboxylic acids is 1. The molecule has 1 heterocycles. The highest BCUT2D eigenvalue weighted by Crippen LogP contribution is 2.20. The average Bonchev–Trinajstić information content (AvgIpc) is 2.26. The number of carbonyl (C=O) groups is 1. The van der Waals surface area contributed by atoms with E-state index in [1.807, 2.05) is 18.2 Å². The monoisotopic (exact) mass is 214 g/mol. The van der Waals surface area contributed by atoms with Crippen LogP contribution < -0.4 is 5.73 Å². The fraction of sp³-hybridized carbons (Fsp3) is 0. The summed E-state index contributed by atoms with van der Waals surface area (Å²) in [4.78, 5) is 14.4. The molecule has 0 aliphatic carbocycles. The second-order valence-corrected chi connectivity index (χ2v) is 3.35. The van der Waals surface area contributed by atoms with Crippen LogP contribution in [0.5, 0.6) is 0 Å². The normalized spacial score (nSPS) is 11.0. The summed E-state index contributed by atoms with van der Waals surface area (Å²) < 4.78 is 0. The van der Waals surface area contributed by atoms with E-state index in [-0.39, 0.29) is 0 Å². The third-order valence-corrected chi connectivity index (χ3v) is 2.24.